The summed E-state index contributed by atoms with van der Waals surface area (Å²) >= 11 is 5.98. The Morgan fingerprint density at radius 3 is 2.77 bits per heavy atom. The van der Waals surface area contributed by atoms with Crippen molar-refractivity contribution >= 4 is 29.2 Å². The van der Waals surface area contributed by atoms with Crippen molar-refractivity contribution in [1.82, 2.24) is 19.6 Å². The first kappa shape index (κ1) is 17.6. The second kappa shape index (κ2) is 7.36. The summed E-state index contributed by atoms with van der Waals surface area (Å²) in [4.78, 5) is 22.8. The first-order valence-corrected chi connectivity index (χ1v) is 7.81. The van der Waals surface area contributed by atoms with Gasteiger partial charge >= 0.3 is 5.97 Å². The second-order valence-electron chi connectivity index (χ2n) is 5.41. The maximum absolute atomic E-state index is 13.1. The van der Waals surface area contributed by atoms with Crippen LogP contribution < -0.4 is 5.32 Å². The Morgan fingerprint density at radius 2 is 2.08 bits per heavy atom. The third-order valence-corrected chi connectivity index (χ3v) is 3.78. The number of rotatable bonds is 6. The average molecular weight is 378 g/mol. The van der Waals surface area contributed by atoms with E-state index in [1.54, 1.807) is 16.9 Å². The van der Waals surface area contributed by atoms with E-state index in [0.29, 0.717) is 22.8 Å². The van der Waals surface area contributed by atoms with Gasteiger partial charge in [-0.25, -0.2) is 9.18 Å². The zero-order valence-corrected chi connectivity index (χ0v) is 14.0. The zero-order chi connectivity index (χ0) is 18.7. The van der Waals surface area contributed by atoms with Gasteiger partial charge in [0.05, 0.1) is 18.4 Å². The number of carboxylic acid groups (broad SMARTS) is 1. The highest BCUT2D eigenvalue weighted by molar-refractivity contribution is 6.31. The molecule has 134 valence electrons. The van der Waals surface area contributed by atoms with Gasteiger partial charge in [0.2, 0.25) is 5.91 Å². The lowest BCUT2D eigenvalue weighted by Gasteiger charge is -2.05. The van der Waals surface area contributed by atoms with Crippen molar-refractivity contribution < 1.29 is 19.1 Å². The number of carbonyl (C=O) groups is 2. The number of aromatic nitrogens is 4. The van der Waals surface area contributed by atoms with E-state index in [1.807, 2.05) is 0 Å². The van der Waals surface area contributed by atoms with Crippen molar-refractivity contribution in [1.29, 1.82) is 0 Å². The molecule has 8 nitrogen and oxygen atoms in total. The molecule has 0 saturated heterocycles. The molecule has 3 aromatic rings. The minimum atomic E-state index is -1.16. The molecule has 3 rings (SSSR count). The van der Waals surface area contributed by atoms with Crippen LogP contribution in [-0.2, 0) is 17.9 Å². The van der Waals surface area contributed by atoms with Crippen molar-refractivity contribution in [3.05, 3.63) is 65.0 Å². The number of nitrogens with one attached hydrogen (secondary N) is 1. The Hall–Kier alpha value is -3.20. The Labute approximate surface area is 151 Å². The van der Waals surface area contributed by atoms with Crippen LogP contribution in [0.3, 0.4) is 0 Å². The van der Waals surface area contributed by atoms with Gasteiger partial charge in [-0.3, -0.25) is 14.2 Å². The van der Waals surface area contributed by atoms with Crippen LogP contribution in [-0.4, -0.2) is 36.5 Å². The van der Waals surface area contributed by atoms with Crippen molar-refractivity contribution in [3.8, 4) is 0 Å². The Morgan fingerprint density at radius 1 is 1.27 bits per heavy atom. The molecular weight excluding hydrogens is 365 g/mol. The highest BCUT2D eigenvalue weighted by atomic mass is 35.5. The lowest BCUT2D eigenvalue weighted by molar-refractivity contribution is -0.116. The third kappa shape index (κ3) is 4.25. The van der Waals surface area contributed by atoms with E-state index in [9.17, 15) is 14.0 Å². The maximum atomic E-state index is 13.1. The van der Waals surface area contributed by atoms with Crippen molar-refractivity contribution in [2.75, 3.05) is 5.32 Å². The predicted octanol–water partition coefficient (Wildman–Crippen LogP) is 2.26. The van der Waals surface area contributed by atoms with Gasteiger partial charge in [-0.05, 0) is 23.8 Å². The summed E-state index contributed by atoms with van der Waals surface area (Å²) in [7, 11) is 0. The van der Waals surface area contributed by atoms with Gasteiger partial charge in [-0.1, -0.05) is 17.7 Å². The molecule has 2 aromatic heterocycles. The first-order valence-electron chi connectivity index (χ1n) is 7.43. The monoisotopic (exact) mass is 377 g/mol. The standard InChI is InChI=1S/C16H13ClFN5O3/c17-13-5-11(18)2-1-10(13)7-23-8-12(6-19-23)20-15(24)9-22-4-3-14(21-22)16(25)26/h1-6,8H,7,9H2,(H,20,24)(H,25,26). The fourth-order valence-electron chi connectivity index (χ4n) is 2.25. The van der Waals surface area contributed by atoms with Crippen LogP contribution in [0, 0.1) is 5.82 Å². The summed E-state index contributed by atoms with van der Waals surface area (Å²) in [5.74, 6) is -1.97. The Balaban J connectivity index is 1.60. The van der Waals surface area contributed by atoms with E-state index < -0.39 is 11.8 Å². The van der Waals surface area contributed by atoms with Crippen LogP contribution in [0.5, 0.6) is 0 Å². The number of nitrogens with zero attached hydrogens (tertiary/aromatic N) is 4. The summed E-state index contributed by atoms with van der Waals surface area (Å²) in [5, 5.41) is 19.6. The number of carbonyl (C=O) groups excluding carboxylic acids is 1. The van der Waals surface area contributed by atoms with Crippen LogP contribution in [0.15, 0.2) is 42.9 Å². The molecule has 26 heavy (non-hydrogen) atoms. The molecule has 0 unspecified atom stereocenters. The largest absolute Gasteiger partial charge is 0.476 e. The molecule has 0 aliphatic carbocycles. The summed E-state index contributed by atoms with van der Waals surface area (Å²) in [5.41, 5.74) is 1.01. The fourth-order valence-corrected chi connectivity index (χ4v) is 2.48. The number of aromatic carboxylic acids is 1. The number of halogens is 2. The topological polar surface area (TPSA) is 102 Å². The van der Waals surface area contributed by atoms with E-state index in [2.05, 4.69) is 15.5 Å². The van der Waals surface area contributed by atoms with E-state index >= 15 is 0 Å². The minimum Gasteiger partial charge on any atom is -0.476 e. The molecule has 0 bridgehead atoms. The maximum Gasteiger partial charge on any atom is 0.356 e. The summed E-state index contributed by atoms with van der Waals surface area (Å²) in [6, 6.07) is 5.40. The van der Waals surface area contributed by atoms with Gasteiger partial charge in [0.15, 0.2) is 5.69 Å². The predicted molar refractivity (Wildman–Crippen MR) is 90.6 cm³/mol. The molecule has 0 aliphatic heterocycles. The summed E-state index contributed by atoms with van der Waals surface area (Å²) in [6.45, 7) is 0.179. The number of amides is 1. The normalized spacial score (nSPS) is 10.7. The number of hydrogen-bond acceptors (Lipinski definition) is 4. The van der Waals surface area contributed by atoms with Gasteiger partial charge in [-0.2, -0.15) is 10.2 Å². The number of benzene rings is 1. The average Bonchev–Trinajstić information content (AvgIpc) is 3.20. The molecule has 0 saturated carbocycles. The molecule has 1 aromatic carbocycles. The van der Waals surface area contributed by atoms with E-state index in [-0.39, 0.29) is 18.1 Å². The van der Waals surface area contributed by atoms with E-state index in [1.165, 1.54) is 35.3 Å². The van der Waals surface area contributed by atoms with Gasteiger partial charge < -0.3 is 10.4 Å². The van der Waals surface area contributed by atoms with Crippen LogP contribution in [0.2, 0.25) is 5.02 Å². The van der Waals surface area contributed by atoms with E-state index in [4.69, 9.17) is 16.7 Å². The zero-order valence-electron chi connectivity index (χ0n) is 13.3. The molecule has 0 fully saturated rings. The smallest absolute Gasteiger partial charge is 0.356 e. The Kier molecular flexibility index (Phi) is 4.99. The minimum absolute atomic E-state index is 0.137. The van der Waals surface area contributed by atoms with Gasteiger partial charge in [0, 0.05) is 17.4 Å². The lowest BCUT2D eigenvalue weighted by Crippen LogP contribution is -2.19. The van der Waals surface area contributed by atoms with Crippen molar-refractivity contribution in [2.24, 2.45) is 0 Å². The third-order valence-electron chi connectivity index (χ3n) is 3.43. The van der Waals surface area contributed by atoms with Crippen molar-refractivity contribution in [2.45, 2.75) is 13.1 Å². The SMILES string of the molecule is O=C(Cn1ccc(C(=O)O)n1)Nc1cnn(Cc2ccc(F)cc2Cl)c1. The summed E-state index contributed by atoms with van der Waals surface area (Å²) < 4.78 is 15.8. The number of anilines is 1. The molecule has 0 radical (unpaired) electrons. The molecule has 2 N–H and O–H groups in total. The molecule has 0 spiro atoms. The highest BCUT2D eigenvalue weighted by Crippen LogP contribution is 2.18. The van der Waals surface area contributed by atoms with Gasteiger partial charge in [0.1, 0.15) is 12.4 Å². The molecule has 0 atom stereocenters. The first-order chi connectivity index (χ1) is 12.4. The summed E-state index contributed by atoms with van der Waals surface area (Å²) in [6.07, 6.45) is 4.47. The molecule has 0 aliphatic rings. The van der Waals surface area contributed by atoms with Crippen LogP contribution in [0.4, 0.5) is 10.1 Å². The number of carboxylic acids is 1. The van der Waals surface area contributed by atoms with Gasteiger partial charge in [0.25, 0.3) is 0 Å². The molecule has 2 heterocycles. The fraction of sp³-hybridized carbons (Fsp3) is 0.125. The van der Waals surface area contributed by atoms with Gasteiger partial charge in [-0.15, -0.1) is 0 Å². The Bertz CT molecular complexity index is 968. The molecular formula is C16H13ClFN5O3. The van der Waals surface area contributed by atoms with Crippen LogP contribution in [0.25, 0.3) is 0 Å². The molecule has 1 amide bonds. The van der Waals surface area contributed by atoms with E-state index in [0.717, 1.165) is 0 Å². The quantitative estimate of drug-likeness (QED) is 0.686. The van der Waals surface area contributed by atoms with Crippen LogP contribution in [0.1, 0.15) is 16.1 Å². The number of hydrogen-bond donors (Lipinski definition) is 2. The second-order valence-corrected chi connectivity index (χ2v) is 5.82. The lowest BCUT2D eigenvalue weighted by atomic mass is 10.2. The van der Waals surface area contributed by atoms with Crippen LogP contribution >= 0.6 is 11.6 Å². The molecule has 10 heteroatoms. The highest BCUT2D eigenvalue weighted by Gasteiger charge is 2.11. The van der Waals surface area contributed by atoms with Crippen molar-refractivity contribution in [3.63, 3.8) is 0 Å².